The van der Waals surface area contributed by atoms with E-state index in [9.17, 15) is 43.6 Å². The van der Waals surface area contributed by atoms with E-state index in [0.717, 1.165) is 28.1 Å². The van der Waals surface area contributed by atoms with Crippen LogP contribution in [0.15, 0.2) is 84.9 Å². The van der Waals surface area contributed by atoms with Crippen LogP contribution in [0, 0.1) is 18.3 Å². The zero-order valence-corrected chi connectivity index (χ0v) is 37.4. The van der Waals surface area contributed by atoms with Gasteiger partial charge in [0.1, 0.15) is 11.0 Å². The summed E-state index contributed by atoms with van der Waals surface area (Å²) in [7, 11) is 0. The smallest absolute Gasteiger partial charge is 0.258 e. The summed E-state index contributed by atoms with van der Waals surface area (Å²) < 4.78 is 9.81. The number of nitrogens with one attached hydrogen (secondary N) is 4. The van der Waals surface area contributed by atoms with Gasteiger partial charge in [-0.1, -0.05) is 36.4 Å². The lowest BCUT2D eigenvalue weighted by Crippen LogP contribution is -2.35. The fraction of sp³-hybridized carbons (Fsp3) is 0.0179. The van der Waals surface area contributed by atoms with Gasteiger partial charge in [-0.2, -0.15) is 14.0 Å². The average molecular weight is 952 g/mol. The molecule has 4 N–H and O–H groups in total. The van der Waals surface area contributed by atoms with Crippen molar-refractivity contribution in [2.45, 2.75) is 6.92 Å². The van der Waals surface area contributed by atoms with Gasteiger partial charge in [-0.3, -0.25) is 59.6 Å². The third kappa shape index (κ3) is 4.33. The van der Waals surface area contributed by atoms with Gasteiger partial charge < -0.3 is 0 Å². The van der Waals surface area contributed by atoms with Crippen molar-refractivity contribution in [1.82, 2.24) is 30.0 Å². The number of aryl methyl sites for hydroxylation is 1. The minimum absolute atomic E-state index is 0.136. The number of carbonyl (C=O) groups excluding carboxylic acids is 8. The summed E-state index contributed by atoms with van der Waals surface area (Å²) in [6.07, 6.45) is 0. The minimum Gasteiger partial charge on any atom is -0.288 e. The molecule has 72 heavy (non-hydrogen) atoms. The summed E-state index contributed by atoms with van der Waals surface area (Å²) in [5, 5.41) is 29.6. The SMILES string of the molecule is Cc1cc2c3c(cc(-c4ccc(-c5cc6c7c(cc(C#N)c8c9ccc%10c%11c(ccc(c5c78)c%119)C(=O)NC%10=O)C(=O)NC6=O)c5nsnc45)c4c5ccc6c7c(ccc(c1c34)c75)C(=O)NC6=O)C(=O)NC2=O. The molecule has 11 aromatic carbocycles. The summed E-state index contributed by atoms with van der Waals surface area (Å²) in [4.78, 5) is 109. The van der Waals surface area contributed by atoms with Crippen molar-refractivity contribution in [3.63, 3.8) is 0 Å². The molecule has 0 bridgehead atoms. The van der Waals surface area contributed by atoms with Crippen LogP contribution in [0.25, 0.3) is 119 Å². The number of aromatic nitrogens is 2. The highest BCUT2D eigenvalue weighted by Crippen LogP contribution is 2.53. The van der Waals surface area contributed by atoms with Crippen LogP contribution in [-0.4, -0.2) is 56.0 Å². The molecule has 0 unspecified atom stereocenters. The number of benzene rings is 11. The van der Waals surface area contributed by atoms with Gasteiger partial charge in [0.15, 0.2) is 0 Å². The van der Waals surface area contributed by atoms with Gasteiger partial charge in [-0.05, 0) is 126 Å². The molecule has 0 fully saturated rings. The summed E-state index contributed by atoms with van der Waals surface area (Å²) in [6, 6.07) is 26.4. The highest BCUT2D eigenvalue weighted by Gasteiger charge is 2.37. The van der Waals surface area contributed by atoms with Crippen molar-refractivity contribution < 1.29 is 38.4 Å². The summed E-state index contributed by atoms with van der Waals surface area (Å²) in [5.74, 6) is -4.66. The summed E-state index contributed by atoms with van der Waals surface area (Å²) in [5.41, 5.74) is 5.86. The molecule has 0 saturated heterocycles. The Labute approximate surface area is 404 Å². The van der Waals surface area contributed by atoms with E-state index >= 15 is 0 Å². The predicted molar refractivity (Wildman–Crippen MR) is 267 cm³/mol. The molecule has 16 heteroatoms. The molecule has 0 radical (unpaired) electrons. The average Bonchev–Trinajstić information content (AvgIpc) is 3.87. The van der Waals surface area contributed by atoms with E-state index in [1.807, 2.05) is 31.2 Å². The third-order valence-electron chi connectivity index (χ3n) is 15.4. The Morgan fingerprint density at radius 3 is 1.11 bits per heavy atom. The van der Waals surface area contributed by atoms with Gasteiger partial charge in [0, 0.05) is 88.0 Å². The van der Waals surface area contributed by atoms with Crippen molar-refractivity contribution in [2.75, 3.05) is 0 Å². The van der Waals surface area contributed by atoms with Crippen molar-refractivity contribution >= 4 is 156 Å². The molecule has 1 aromatic heterocycles. The van der Waals surface area contributed by atoms with E-state index in [0.29, 0.717) is 125 Å². The van der Waals surface area contributed by atoms with Crippen LogP contribution in [-0.2, 0) is 0 Å². The van der Waals surface area contributed by atoms with E-state index in [-0.39, 0.29) is 33.4 Å². The molecule has 12 aromatic rings. The number of hydrogen-bond acceptors (Lipinski definition) is 12. The minimum atomic E-state index is -0.664. The predicted octanol–water partition coefficient (Wildman–Crippen LogP) is 8.84. The maximum absolute atomic E-state index is 14.1. The molecule has 0 saturated carbocycles. The maximum atomic E-state index is 14.1. The molecule has 16 rings (SSSR count). The normalized spacial score (nSPS) is 15.1. The highest BCUT2D eigenvalue weighted by molar-refractivity contribution is 7.00. The van der Waals surface area contributed by atoms with Crippen molar-refractivity contribution in [3.05, 3.63) is 141 Å². The lowest BCUT2D eigenvalue weighted by Gasteiger charge is -2.26. The Balaban J connectivity index is 1.07. The molecule has 15 nitrogen and oxygen atoms in total. The van der Waals surface area contributed by atoms with Gasteiger partial charge in [0.05, 0.1) is 23.4 Å². The zero-order chi connectivity index (χ0) is 48.7. The Kier molecular flexibility index (Phi) is 6.77. The zero-order valence-electron chi connectivity index (χ0n) is 36.6. The maximum Gasteiger partial charge on any atom is 0.258 e. The van der Waals surface area contributed by atoms with Crippen molar-refractivity contribution in [1.29, 1.82) is 5.26 Å². The Morgan fingerprint density at radius 2 is 0.681 bits per heavy atom. The van der Waals surface area contributed by atoms with Crippen LogP contribution >= 0.6 is 11.7 Å². The first-order chi connectivity index (χ1) is 34.9. The third-order valence-corrected chi connectivity index (χ3v) is 15.9. The van der Waals surface area contributed by atoms with Crippen LogP contribution in [0.4, 0.5) is 0 Å². The Bertz CT molecular complexity index is 4970. The topological polar surface area (TPSA) is 234 Å². The number of nitrogens with zero attached hydrogens (tertiary/aromatic N) is 3. The molecular weight excluding hydrogens is 931 g/mol. The number of imide groups is 4. The monoisotopic (exact) mass is 951 g/mol. The molecule has 0 atom stereocenters. The number of carbonyl (C=O) groups is 8. The first-order valence-electron chi connectivity index (χ1n) is 22.5. The van der Waals surface area contributed by atoms with E-state index in [1.165, 1.54) is 6.07 Å². The molecule has 4 aliphatic rings. The van der Waals surface area contributed by atoms with Gasteiger partial charge in [0.2, 0.25) is 0 Å². The largest absolute Gasteiger partial charge is 0.288 e. The molecule has 334 valence electrons. The number of nitriles is 1. The van der Waals surface area contributed by atoms with E-state index in [4.69, 9.17) is 8.75 Å². The standard InChI is InChI=1S/C56H21N7O8S/c1-17-12-31-43-33(55(70)60-53(31)68)14-29(39-23-6-10-27-41-25(49(64)58-51(27)66)8-4-21(37(23)41)35(17)45(39)43)19-2-3-20(48-47(19)62-72-63-48)30-15-34-44-32(54(69)61-56(34)71)13-18(16-57)36-22-5-9-26-42-28(52(67)59-50(26)65)11-7-24(38(22)42)40(30)46(36)44/h2-15H,1H3,(H,58,64,66)(H,59,65,67)(H,60,68,70)(H,61,69,71). The Hall–Kier alpha value is -10.1. The van der Waals surface area contributed by atoms with Crippen LogP contribution in [0.3, 0.4) is 0 Å². The molecular formula is C56H21N7O8S. The van der Waals surface area contributed by atoms with Gasteiger partial charge >= 0.3 is 0 Å². The number of hydrogen-bond donors (Lipinski definition) is 4. The first-order valence-corrected chi connectivity index (χ1v) is 23.3. The Morgan fingerprint density at radius 1 is 0.347 bits per heavy atom. The van der Waals surface area contributed by atoms with Crippen LogP contribution in [0.5, 0.6) is 0 Å². The first kappa shape index (κ1) is 38.8. The van der Waals surface area contributed by atoms with Crippen LogP contribution in [0.1, 0.15) is 94.0 Å². The van der Waals surface area contributed by atoms with Crippen molar-refractivity contribution in [2.24, 2.45) is 0 Å². The molecule has 0 aliphatic carbocycles. The second-order valence-electron chi connectivity index (χ2n) is 18.7. The van der Waals surface area contributed by atoms with Gasteiger partial charge in [-0.25, -0.2) is 0 Å². The molecule has 8 amide bonds. The molecule has 5 heterocycles. The summed E-state index contributed by atoms with van der Waals surface area (Å²) >= 11 is 0.937. The molecule has 0 spiro atoms. The highest BCUT2D eigenvalue weighted by atomic mass is 32.1. The number of amides is 8. The van der Waals surface area contributed by atoms with Crippen LogP contribution in [0.2, 0.25) is 0 Å². The van der Waals surface area contributed by atoms with E-state index in [2.05, 4.69) is 27.3 Å². The van der Waals surface area contributed by atoms with Crippen LogP contribution < -0.4 is 21.3 Å². The summed E-state index contributed by atoms with van der Waals surface area (Å²) in [6.45, 7) is 1.88. The number of rotatable bonds is 2. The fourth-order valence-electron chi connectivity index (χ4n) is 12.7. The quantitative estimate of drug-likeness (QED) is 0.0726. The van der Waals surface area contributed by atoms with Gasteiger partial charge in [-0.15, -0.1) is 0 Å². The molecule has 4 aliphatic heterocycles. The lowest BCUT2D eigenvalue weighted by atomic mass is 9.78. The lowest BCUT2D eigenvalue weighted by molar-refractivity contribution is 0.0828. The second-order valence-corrected chi connectivity index (χ2v) is 19.2. The fourth-order valence-corrected chi connectivity index (χ4v) is 13.2. The van der Waals surface area contributed by atoms with E-state index in [1.54, 1.807) is 54.6 Å². The van der Waals surface area contributed by atoms with Crippen molar-refractivity contribution in [3.8, 4) is 28.3 Å². The second kappa shape index (κ2) is 12.6. The number of fused-ring (bicyclic) bond motifs is 5. The van der Waals surface area contributed by atoms with Gasteiger partial charge in [0.25, 0.3) is 47.3 Å². The van der Waals surface area contributed by atoms with E-state index < -0.39 is 47.3 Å².